The zero-order chi connectivity index (χ0) is 23.1. The predicted molar refractivity (Wildman–Crippen MR) is 118 cm³/mol. The summed E-state index contributed by atoms with van der Waals surface area (Å²) >= 11 is 0. The molecule has 160 valence electrons. The number of benzene rings is 4. The molecular weight excluding hydrogens is 412 g/mol. The van der Waals surface area contributed by atoms with E-state index in [0.29, 0.717) is 22.3 Å². The summed E-state index contributed by atoms with van der Waals surface area (Å²) in [4.78, 5) is 32.2. The molecule has 3 N–H and O–H groups in total. The molecule has 0 aliphatic rings. The van der Waals surface area contributed by atoms with Gasteiger partial charge in [-0.25, -0.2) is 14.4 Å². The smallest absolute Gasteiger partial charge is 0.335 e. The van der Waals surface area contributed by atoms with E-state index >= 15 is 0 Å². The third-order valence-electron chi connectivity index (χ3n) is 4.39. The monoisotopic (exact) mass is 430 g/mol. The van der Waals surface area contributed by atoms with Crippen molar-refractivity contribution < 1.29 is 34.4 Å². The molecule has 7 heteroatoms. The van der Waals surface area contributed by atoms with Crippen molar-refractivity contribution in [1.82, 2.24) is 0 Å². The molecular formula is C25H18O7. The van der Waals surface area contributed by atoms with Crippen LogP contribution in [-0.2, 0) is 0 Å². The molecule has 0 amide bonds. The molecule has 0 spiro atoms. The van der Waals surface area contributed by atoms with Gasteiger partial charge >= 0.3 is 17.9 Å². The van der Waals surface area contributed by atoms with Crippen LogP contribution in [0.15, 0.2) is 91.0 Å². The molecule has 0 aliphatic carbocycles. The second-order valence-electron chi connectivity index (χ2n) is 6.64. The van der Waals surface area contributed by atoms with Crippen LogP contribution in [0.4, 0.5) is 0 Å². The van der Waals surface area contributed by atoms with Crippen molar-refractivity contribution in [3.8, 4) is 11.5 Å². The molecule has 7 nitrogen and oxygen atoms in total. The lowest BCUT2D eigenvalue weighted by Gasteiger charge is -2.05. The third kappa shape index (κ3) is 5.70. The number of fused-ring (bicyclic) bond motifs is 1. The summed E-state index contributed by atoms with van der Waals surface area (Å²) in [5, 5.41) is 27.8. The third-order valence-corrected chi connectivity index (χ3v) is 4.39. The van der Waals surface area contributed by atoms with Gasteiger partial charge in [0.1, 0.15) is 11.5 Å². The lowest BCUT2D eigenvalue weighted by atomic mass is 10.0. The Bertz CT molecular complexity index is 1230. The van der Waals surface area contributed by atoms with E-state index in [4.69, 9.17) is 20.1 Å². The zero-order valence-electron chi connectivity index (χ0n) is 16.6. The first-order valence-corrected chi connectivity index (χ1v) is 9.40. The SMILES string of the molecule is O=C(O)c1ccc2cc(C(=O)O)ccc2c1.O=C(O)c1cccc(Oc2ccccc2)c1. The fourth-order valence-electron chi connectivity index (χ4n) is 2.83. The largest absolute Gasteiger partial charge is 0.478 e. The zero-order valence-corrected chi connectivity index (χ0v) is 16.6. The lowest BCUT2D eigenvalue weighted by molar-refractivity contribution is 0.0686. The lowest BCUT2D eigenvalue weighted by Crippen LogP contribution is -1.97. The first kappa shape index (κ1) is 22.0. The number of ether oxygens (including phenoxy) is 1. The van der Waals surface area contributed by atoms with Crippen LogP contribution in [0.2, 0.25) is 0 Å². The number of carboxylic acids is 3. The Morgan fingerprint density at radius 3 is 1.47 bits per heavy atom. The van der Waals surface area contributed by atoms with Crippen LogP contribution in [-0.4, -0.2) is 33.2 Å². The first-order chi connectivity index (χ1) is 15.3. The average molecular weight is 430 g/mol. The molecule has 0 heterocycles. The van der Waals surface area contributed by atoms with Crippen LogP contribution < -0.4 is 4.74 Å². The average Bonchev–Trinajstić information content (AvgIpc) is 2.79. The molecule has 0 saturated heterocycles. The van der Waals surface area contributed by atoms with Gasteiger partial charge in [0.25, 0.3) is 0 Å². The molecule has 4 aromatic rings. The van der Waals surface area contributed by atoms with Gasteiger partial charge < -0.3 is 20.1 Å². The van der Waals surface area contributed by atoms with Crippen molar-refractivity contribution >= 4 is 28.7 Å². The Morgan fingerprint density at radius 1 is 0.500 bits per heavy atom. The minimum Gasteiger partial charge on any atom is -0.478 e. The van der Waals surface area contributed by atoms with E-state index < -0.39 is 17.9 Å². The molecule has 4 rings (SSSR count). The minimum atomic E-state index is -0.996. The summed E-state index contributed by atoms with van der Waals surface area (Å²) in [7, 11) is 0. The number of hydrogen-bond acceptors (Lipinski definition) is 4. The van der Waals surface area contributed by atoms with Crippen molar-refractivity contribution in [3.05, 3.63) is 108 Å². The molecule has 32 heavy (non-hydrogen) atoms. The van der Waals surface area contributed by atoms with Crippen molar-refractivity contribution in [1.29, 1.82) is 0 Å². The fourth-order valence-corrected chi connectivity index (χ4v) is 2.83. The van der Waals surface area contributed by atoms with Crippen LogP contribution in [0, 0.1) is 0 Å². The quantitative estimate of drug-likeness (QED) is 0.387. The predicted octanol–water partition coefficient (Wildman–Crippen LogP) is 5.41. The van der Waals surface area contributed by atoms with E-state index in [1.54, 1.807) is 24.3 Å². The van der Waals surface area contributed by atoms with Crippen molar-refractivity contribution in [2.45, 2.75) is 0 Å². The Labute approximate surface area is 182 Å². The summed E-state index contributed by atoms with van der Waals surface area (Å²) in [5.41, 5.74) is 0.597. The maximum absolute atomic E-state index is 10.8. The van der Waals surface area contributed by atoms with Crippen LogP contribution in [0.5, 0.6) is 11.5 Å². The van der Waals surface area contributed by atoms with Crippen LogP contribution >= 0.6 is 0 Å². The number of para-hydroxylation sites is 1. The molecule has 0 aliphatic heterocycles. The number of rotatable bonds is 5. The summed E-state index contributed by atoms with van der Waals surface area (Å²) in [5.74, 6) is -1.75. The highest BCUT2D eigenvalue weighted by Gasteiger charge is 2.07. The van der Waals surface area contributed by atoms with E-state index in [1.807, 2.05) is 30.3 Å². The molecule has 0 bridgehead atoms. The van der Waals surface area contributed by atoms with Gasteiger partial charge in [0.05, 0.1) is 16.7 Å². The van der Waals surface area contributed by atoms with E-state index in [9.17, 15) is 14.4 Å². The van der Waals surface area contributed by atoms with Crippen molar-refractivity contribution in [3.63, 3.8) is 0 Å². The summed E-state index contributed by atoms with van der Waals surface area (Å²) in [6, 6.07) is 24.8. The van der Waals surface area contributed by atoms with E-state index in [1.165, 1.54) is 36.4 Å². The second kappa shape index (κ2) is 9.90. The van der Waals surface area contributed by atoms with Gasteiger partial charge in [0.15, 0.2) is 0 Å². The highest BCUT2D eigenvalue weighted by atomic mass is 16.5. The second-order valence-corrected chi connectivity index (χ2v) is 6.64. The summed E-state index contributed by atoms with van der Waals surface area (Å²) in [6.07, 6.45) is 0. The van der Waals surface area contributed by atoms with E-state index in [0.717, 1.165) is 0 Å². The van der Waals surface area contributed by atoms with Gasteiger partial charge in [0, 0.05) is 0 Å². The van der Waals surface area contributed by atoms with Crippen molar-refractivity contribution in [2.75, 3.05) is 0 Å². The number of carboxylic acid groups (broad SMARTS) is 3. The molecule has 4 aromatic carbocycles. The van der Waals surface area contributed by atoms with Crippen LogP contribution in [0.1, 0.15) is 31.1 Å². The maximum atomic E-state index is 10.8. The first-order valence-electron chi connectivity index (χ1n) is 9.40. The molecule has 0 saturated carbocycles. The van der Waals surface area contributed by atoms with Gasteiger partial charge in [-0.05, 0) is 65.4 Å². The Kier molecular flexibility index (Phi) is 6.82. The molecule has 0 unspecified atom stereocenters. The van der Waals surface area contributed by atoms with E-state index in [2.05, 4.69) is 0 Å². The summed E-state index contributed by atoms with van der Waals surface area (Å²) in [6.45, 7) is 0. The highest BCUT2D eigenvalue weighted by molar-refractivity contribution is 5.98. The minimum absolute atomic E-state index is 0.190. The van der Waals surface area contributed by atoms with Gasteiger partial charge in [-0.3, -0.25) is 0 Å². The molecule has 0 fully saturated rings. The topological polar surface area (TPSA) is 121 Å². The highest BCUT2D eigenvalue weighted by Crippen LogP contribution is 2.21. The Balaban J connectivity index is 0.000000181. The normalized spacial score (nSPS) is 10.0. The van der Waals surface area contributed by atoms with Crippen LogP contribution in [0.25, 0.3) is 10.8 Å². The number of hydrogen-bond donors (Lipinski definition) is 3. The van der Waals surface area contributed by atoms with Gasteiger partial charge in [0.2, 0.25) is 0 Å². The summed E-state index contributed by atoms with van der Waals surface area (Å²) < 4.78 is 5.51. The Morgan fingerprint density at radius 2 is 0.969 bits per heavy atom. The van der Waals surface area contributed by atoms with Gasteiger partial charge in [-0.15, -0.1) is 0 Å². The Hall–Kier alpha value is -4.65. The van der Waals surface area contributed by atoms with Crippen LogP contribution in [0.3, 0.4) is 0 Å². The van der Waals surface area contributed by atoms with Crippen molar-refractivity contribution in [2.24, 2.45) is 0 Å². The molecule has 0 aromatic heterocycles. The van der Waals surface area contributed by atoms with Gasteiger partial charge in [-0.2, -0.15) is 0 Å². The maximum Gasteiger partial charge on any atom is 0.335 e. The molecule has 0 radical (unpaired) electrons. The molecule has 0 atom stereocenters. The van der Waals surface area contributed by atoms with Gasteiger partial charge in [-0.1, -0.05) is 36.4 Å². The van der Waals surface area contributed by atoms with E-state index in [-0.39, 0.29) is 16.7 Å². The number of carbonyl (C=O) groups is 3. The fraction of sp³-hybridized carbons (Fsp3) is 0. The standard InChI is InChI=1S/C13H10O3.C12H8O4/c14-13(15)10-5-4-8-12(9-10)16-11-6-2-1-3-7-11;13-11(14)9-3-1-7-5-10(12(15)16)4-2-8(7)6-9/h1-9H,(H,14,15);1-6H,(H,13,14)(H,15,16). The number of aromatic carboxylic acids is 3.